The average Bonchev–Trinajstić information content (AvgIpc) is 2.86. The van der Waals surface area contributed by atoms with Crippen LogP contribution in [0.15, 0.2) is 0 Å². The minimum atomic E-state index is -1.58. The van der Waals surface area contributed by atoms with Gasteiger partial charge in [-0.15, -0.1) is 0 Å². The number of Topliss-reactive ketones (excluding diaryl/α,β-unsaturated/α-hetero) is 2. The molecule has 0 spiro atoms. The maximum Gasteiger partial charge on any atom is 0.190 e. The molecular weight excluding hydrogens is 332 g/mol. The highest BCUT2D eigenvalue weighted by atomic mass is 16.3. The molecular formula is C21H32O5. The minimum absolute atomic E-state index is 0.0154. The highest BCUT2D eigenvalue weighted by Crippen LogP contribution is 2.67. The molecule has 3 N–H and O–H groups in total. The molecule has 0 radical (unpaired) electrons. The van der Waals surface area contributed by atoms with E-state index >= 15 is 0 Å². The van der Waals surface area contributed by atoms with Gasteiger partial charge in [-0.1, -0.05) is 13.8 Å². The number of hydrogen-bond donors (Lipinski definition) is 3. The Hall–Kier alpha value is -0.780. The molecule has 0 bridgehead atoms. The third-order valence-corrected chi connectivity index (χ3v) is 9.08. The first-order valence-corrected chi connectivity index (χ1v) is 10.2. The Morgan fingerprint density at radius 1 is 1.15 bits per heavy atom. The molecule has 4 fully saturated rings. The molecule has 0 amide bonds. The van der Waals surface area contributed by atoms with Crippen LogP contribution < -0.4 is 0 Å². The summed E-state index contributed by atoms with van der Waals surface area (Å²) in [5, 5.41) is 30.6. The molecule has 0 aliphatic heterocycles. The highest BCUT2D eigenvalue weighted by Gasteiger charge is 2.68. The number of hydrogen-bond acceptors (Lipinski definition) is 5. The molecule has 5 heteroatoms. The SMILES string of the molecule is C[C@]12CC[C@H](O)C[C@@H]1CC[C@H]1[C@H]2C(=O)C[C@]2(C)[C@@H]1CC[C@@]2(O)C(=O)CO. The van der Waals surface area contributed by atoms with Crippen LogP contribution in [-0.2, 0) is 9.59 Å². The van der Waals surface area contributed by atoms with Gasteiger partial charge in [-0.2, -0.15) is 0 Å². The van der Waals surface area contributed by atoms with Crippen molar-refractivity contribution >= 4 is 11.6 Å². The van der Waals surface area contributed by atoms with Crippen molar-refractivity contribution in [3.8, 4) is 0 Å². The van der Waals surface area contributed by atoms with Crippen LogP contribution in [-0.4, -0.2) is 45.2 Å². The third-order valence-electron chi connectivity index (χ3n) is 9.08. The summed E-state index contributed by atoms with van der Waals surface area (Å²) in [5.74, 6) is 0.380. The molecule has 0 aromatic carbocycles. The summed E-state index contributed by atoms with van der Waals surface area (Å²) < 4.78 is 0. The maximum absolute atomic E-state index is 13.4. The van der Waals surface area contributed by atoms with Gasteiger partial charge in [0.15, 0.2) is 5.78 Å². The maximum atomic E-state index is 13.4. The van der Waals surface area contributed by atoms with E-state index < -0.39 is 23.4 Å². The first-order valence-electron chi connectivity index (χ1n) is 10.2. The second-order valence-corrected chi connectivity index (χ2v) is 10.00. The number of fused-ring (bicyclic) bond motifs is 5. The van der Waals surface area contributed by atoms with Crippen LogP contribution >= 0.6 is 0 Å². The zero-order valence-corrected chi connectivity index (χ0v) is 15.9. The Morgan fingerprint density at radius 3 is 2.58 bits per heavy atom. The van der Waals surface area contributed by atoms with Gasteiger partial charge >= 0.3 is 0 Å². The zero-order valence-electron chi connectivity index (χ0n) is 15.9. The van der Waals surface area contributed by atoms with Gasteiger partial charge in [-0.05, 0) is 68.1 Å². The van der Waals surface area contributed by atoms with Crippen LogP contribution in [0.5, 0.6) is 0 Å². The summed E-state index contributed by atoms with van der Waals surface area (Å²) in [5.41, 5.74) is -2.40. The molecule has 5 nitrogen and oxygen atoms in total. The Morgan fingerprint density at radius 2 is 1.88 bits per heavy atom. The Labute approximate surface area is 155 Å². The van der Waals surface area contributed by atoms with Crippen LogP contribution in [0.4, 0.5) is 0 Å². The van der Waals surface area contributed by atoms with Crippen LogP contribution in [0.3, 0.4) is 0 Å². The van der Waals surface area contributed by atoms with Crippen molar-refractivity contribution in [1.82, 2.24) is 0 Å². The smallest absolute Gasteiger partial charge is 0.190 e. The lowest BCUT2D eigenvalue weighted by molar-refractivity contribution is -0.180. The second-order valence-electron chi connectivity index (χ2n) is 10.00. The molecule has 4 saturated carbocycles. The quantitative estimate of drug-likeness (QED) is 0.695. The van der Waals surface area contributed by atoms with E-state index in [4.69, 9.17) is 0 Å². The van der Waals surface area contributed by atoms with E-state index in [0.717, 1.165) is 38.5 Å². The van der Waals surface area contributed by atoms with Gasteiger partial charge in [0.2, 0.25) is 0 Å². The molecule has 4 aliphatic carbocycles. The van der Waals surface area contributed by atoms with Gasteiger partial charge in [0, 0.05) is 17.8 Å². The van der Waals surface area contributed by atoms with Crippen LogP contribution in [0.25, 0.3) is 0 Å². The lowest BCUT2D eigenvalue weighted by Crippen LogP contribution is -2.62. The van der Waals surface area contributed by atoms with Gasteiger partial charge in [-0.3, -0.25) is 9.59 Å². The summed E-state index contributed by atoms with van der Waals surface area (Å²) in [6, 6.07) is 0. The van der Waals surface area contributed by atoms with E-state index in [1.165, 1.54) is 0 Å². The fourth-order valence-electron chi connectivity index (χ4n) is 7.64. The monoisotopic (exact) mass is 364 g/mol. The van der Waals surface area contributed by atoms with Crippen molar-refractivity contribution in [1.29, 1.82) is 0 Å². The van der Waals surface area contributed by atoms with Crippen LogP contribution in [0.2, 0.25) is 0 Å². The lowest BCUT2D eigenvalue weighted by Gasteiger charge is -2.60. The van der Waals surface area contributed by atoms with Crippen LogP contribution in [0, 0.1) is 34.5 Å². The number of carbonyl (C=O) groups excluding carboxylic acids is 2. The molecule has 26 heavy (non-hydrogen) atoms. The van der Waals surface area contributed by atoms with Gasteiger partial charge in [0.25, 0.3) is 0 Å². The Kier molecular flexibility index (Phi) is 4.18. The molecule has 146 valence electrons. The summed E-state index contributed by atoms with van der Waals surface area (Å²) in [7, 11) is 0. The molecule has 0 aromatic rings. The molecule has 4 rings (SSSR count). The van der Waals surface area contributed by atoms with Crippen molar-refractivity contribution in [2.75, 3.05) is 6.61 Å². The van der Waals surface area contributed by atoms with Crippen molar-refractivity contribution in [2.45, 2.75) is 76.9 Å². The number of ketones is 2. The van der Waals surface area contributed by atoms with E-state index in [-0.39, 0.29) is 41.5 Å². The fraction of sp³-hybridized carbons (Fsp3) is 0.905. The van der Waals surface area contributed by atoms with Gasteiger partial charge in [0.1, 0.15) is 18.0 Å². The summed E-state index contributed by atoms with van der Waals surface area (Å²) >= 11 is 0. The minimum Gasteiger partial charge on any atom is -0.393 e. The fourth-order valence-corrected chi connectivity index (χ4v) is 7.64. The topological polar surface area (TPSA) is 94.8 Å². The number of aliphatic hydroxyl groups is 3. The average molecular weight is 364 g/mol. The molecule has 0 saturated heterocycles. The summed E-state index contributed by atoms with van der Waals surface area (Å²) in [6.45, 7) is 3.46. The second kappa shape index (κ2) is 5.86. The number of aliphatic hydroxyl groups excluding tert-OH is 2. The van der Waals surface area contributed by atoms with E-state index in [1.807, 2.05) is 6.92 Å². The van der Waals surface area contributed by atoms with Crippen molar-refractivity contribution in [2.24, 2.45) is 34.5 Å². The first kappa shape index (κ1) is 18.6. The highest BCUT2D eigenvalue weighted by molar-refractivity contribution is 5.92. The predicted molar refractivity (Wildman–Crippen MR) is 95.2 cm³/mol. The largest absolute Gasteiger partial charge is 0.393 e. The van der Waals surface area contributed by atoms with Gasteiger partial charge in [-0.25, -0.2) is 0 Å². The first-order chi connectivity index (χ1) is 12.2. The summed E-state index contributed by atoms with van der Waals surface area (Å²) in [4.78, 5) is 25.7. The summed E-state index contributed by atoms with van der Waals surface area (Å²) in [6.07, 6.45) is 5.47. The molecule has 8 atom stereocenters. The third kappa shape index (κ3) is 2.20. The number of rotatable bonds is 2. The Balaban J connectivity index is 1.70. The standard InChI is InChI=1S/C21H32O5/c1-19-7-5-13(23)9-12(19)3-4-14-15-6-8-21(26,17(25)11-22)20(15,2)10-16(24)18(14)19/h12-15,18,22-23,26H,3-11H2,1-2H3/t12-,13-,14+,15+,18-,19-,20+,21+/m0/s1. The van der Waals surface area contributed by atoms with Gasteiger partial charge < -0.3 is 15.3 Å². The Bertz CT molecular complexity index is 632. The van der Waals surface area contributed by atoms with E-state index in [9.17, 15) is 24.9 Å². The molecule has 0 unspecified atom stereocenters. The number of carbonyl (C=O) groups is 2. The van der Waals surface area contributed by atoms with Crippen molar-refractivity contribution in [3.63, 3.8) is 0 Å². The van der Waals surface area contributed by atoms with Crippen molar-refractivity contribution < 1.29 is 24.9 Å². The normalized spacial score (nSPS) is 53.6. The molecule has 0 aromatic heterocycles. The van der Waals surface area contributed by atoms with Crippen molar-refractivity contribution in [3.05, 3.63) is 0 Å². The van der Waals surface area contributed by atoms with E-state index in [2.05, 4.69) is 6.92 Å². The lowest BCUT2D eigenvalue weighted by atomic mass is 9.44. The van der Waals surface area contributed by atoms with E-state index in [0.29, 0.717) is 12.3 Å². The van der Waals surface area contributed by atoms with E-state index in [1.54, 1.807) is 0 Å². The van der Waals surface area contributed by atoms with Gasteiger partial charge in [0.05, 0.1) is 6.10 Å². The van der Waals surface area contributed by atoms with Crippen LogP contribution in [0.1, 0.15) is 65.2 Å². The molecule has 0 heterocycles. The zero-order chi connectivity index (χ0) is 18.9. The molecule has 4 aliphatic rings. The predicted octanol–water partition coefficient (Wildman–Crippen LogP) is 1.86.